The van der Waals surface area contributed by atoms with E-state index in [0.29, 0.717) is 17.8 Å². The summed E-state index contributed by atoms with van der Waals surface area (Å²) in [6.07, 6.45) is 0. The van der Waals surface area contributed by atoms with Crippen molar-refractivity contribution in [2.45, 2.75) is 19.3 Å². The summed E-state index contributed by atoms with van der Waals surface area (Å²) in [7, 11) is 0. The standard InChI is InChI=1S/C41H29N3.C38H23N3O.C38H23N3S/c1-41(2)34-17-9-6-14-29(34)32-24-33-30-15-8-11-19-37(30)44(38(33)25-35(32)41)40-42-36-18-10-7-16-31(36)39(43-40)28-22-20-27(21-23-28)26-12-4-3-5-13-26;2*1-2-10-24(11-3-1)25-18-20-26(21-19-25)36-29-13-4-7-15-31(29)39-38(40-36)41-32-16-8-5-14-30(32)35-33(41)23-22-28-27-12-6-9-17-34(27)42-37(28)35/h3-25H,1-2H3;2*1-23H. The van der Waals surface area contributed by atoms with E-state index < -0.39 is 0 Å². The molecule has 0 saturated carbocycles. The van der Waals surface area contributed by atoms with Gasteiger partial charge < -0.3 is 4.42 Å². The summed E-state index contributed by atoms with van der Waals surface area (Å²) < 4.78 is 15.8. The Labute approximate surface area is 739 Å². The van der Waals surface area contributed by atoms with Gasteiger partial charge in [0, 0.05) is 96.1 Å². The molecule has 8 heterocycles. The second-order valence-electron chi connectivity index (χ2n) is 33.5. The minimum absolute atomic E-state index is 0.0999. The third-order valence-corrected chi connectivity index (χ3v) is 27.1. The van der Waals surface area contributed by atoms with Crippen molar-refractivity contribution in [2.24, 2.45) is 0 Å². The fourth-order valence-electron chi connectivity index (χ4n) is 19.8. The van der Waals surface area contributed by atoms with Crippen LogP contribution < -0.4 is 0 Å². The van der Waals surface area contributed by atoms with E-state index in [9.17, 15) is 0 Å². The topological polar surface area (TPSA) is 105 Å². The van der Waals surface area contributed by atoms with Crippen molar-refractivity contribution in [3.05, 3.63) is 430 Å². The molecule has 128 heavy (non-hydrogen) atoms. The van der Waals surface area contributed by atoms with Crippen molar-refractivity contribution in [1.29, 1.82) is 0 Å². The van der Waals surface area contributed by atoms with Gasteiger partial charge in [-0.15, -0.1) is 11.3 Å². The van der Waals surface area contributed by atoms with Gasteiger partial charge in [-0.1, -0.05) is 354 Å². The zero-order valence-electron chi connectivity index (χ0n) is 69.7. The molecule has 600 valence electrons. The molecule has 10 nitrogen and oxygen atoms in total. The highest BCUT2D eigenvalue weighted by Gasteiger charge is 2.37. The summed E-state index contributed by atoms with van der Waals surface area (Å²) >= 11 is 1.86. The van der Waals surface area contributed by atoms with Crippen LogP contribution in [0.15, 0.2) is 423 Å². The SMILES string of the molecule is CC1(C)c2ccccc2-c2cc3c4ccccc4n(-c4nc(-c5ccc(-c6ccccc6)cc5)c5ccccc5n4)c3cc21.c1ccc(-c2ccc(-c3nc(-n4c5ccccc5c5c6oc7ccccc7c6ccc54)nc4ccccc34)cc2)cc1.c1ccc(-c2ccc(-c3nc(-n4c5ccccc5c5c6sc7ccccc7c6ccc54)nc4ccccc34)cc2)cc1. The maximum Gasteiger partial charge on any atom is 0.235 e. The third kappa shape index (κ3) is 12.1. The van der Waals surface area contributed by atoms with Crippen molar-refractivity contribution in [3.63, 3.8) is 0 Å². The van der Waals surface area contributed by atoms with Gasteiger partial charge in [0.15, 0.2) is 0 Å². The van der Waals surface area contributed by atoms with E-state index in [1.54, 1.807) is 0 Å². The Morgan fingerprint density at radius 1 is 0.234 bits per heavy atom. The van der Waals surface area contributed by atoms with Crippen molar-refractivity contribution in [2.75, 3.05) is 0 Å². The number of nitrogens with zero attached hydrogens (tertiary/aromatic N) is 9. The fraction of sp³-hybridized carbons (Fsp3) is 0.0256. The molecule has 0 saturated heterocycles. The summed E-state index contributed by atoms with van der Waals surface area (Å²) in [5, 5.41) is 15.0. The maximum atomic E-state index is 6.48. The lowest BCUT2D eigenvalue weighted by Crippen LogP contribution is -2.15. The van der Waals surface area contributed by atoms with Gasteiger partial charge in [-0.2, -0.15) is 0 Å². The largest absolute Gasteiger partial charge is 0.455 e. The van der Waals surface area contributed by atoms with Crippen LogP contribution in [0.25, 0.3) is 236 Å². The molecule has 18 aromatic carbocycles. The zero-order valence-corrected chi connectivity index (χ0v) is 70.5. The van der Waals surface area contributed by atoms with Crippen molar-refractivity contribution >= 4 is 152 Å². The van der Waals surface area contributed by atoms with Gasteiger partial charge >= 0.3 is 0 Å². The molecule has 27 rings (SSSR count). The monoisotopic (exact) mass is 1650 g/mol. The molecular formula is C117H75N9OS. The molecule has 0 aliphatic heterocycles. The number of para-hydroxylation sites is 7. The predicted octanol–water partition coefficient (Wildman–Crippen LogP) is 30.8. The van der Waals surface area contributed by atoms with Crippen LogP contribution in [0.5, 0.6) is 0 Å². The van der Waals surface area contributed by atoms with Gasteiger partial charge in [0.05, 0.1) is 72.1 Å². The first-order valence-electron chi connectivity index (χ1n) is 43.4. The lowest BCUT2D eigenvalue weighted by molar-refractivity contribution is 0.661. The van der Waals surface area contributed by atoms with Gasteiger partial charge in [-0.25, -0.2) is 29.9 Å². The molecular weight excluding hydrogens is 1580 g/mol. The van der Waals surface area contributed by atoms with Crippen LogP contribution >= 0.6 is 11.3 Å². The van der Waals surface area contributed by atoms with Gasteiger partial charge in [-0.3, -0.25) is 13.7 Å². The third-order valence-electron chi connectivity index (χ3n) is 25.9. The smallest absolute Gasteiger partial charge is 0.235 e. The number of hydrogen-bond acceptors (Lipinski definition) is 8. The molecule has 0 radical (unpaired) electrons. The fourth-order valence-corrected chi connectivity index (χ4v) is 21.0. The Bertz CT molecular complexity index is 8610. The highest BCUT2D eigenvalue weighted by molar-refractivity contribution is 7.26. The predicted molar refractivity (Wildman–Crippen MR) is 532 cm³/mol. The van der Waals surface area contributed by atoms with E-state index in [-0.39, 0.29) is 5.41 Å². The summed E-state index contributed by atoms with van der Waals surface area (Å²) in [4.78, 5) is 31.3. The first-order valence-corrected chi connectivity index (χ1v) is 44.2. The van der Waals surface area contributed by atoms with Gasteiger partial charge in [0.2, 0.25) is 17.8 Å². The van der Waals surface area contributed by atoms with E-state index in [0.717, 1.165) is 132 Å². The summed E-state index contributed by atoms with van der Waals surface area (Å²) in [5.74, 6) is 2.00. The number of fused-ring (bicyclic) bond motifs is 23. The summed E-state index contributed by atoms with van der Waals surface area (Å²) in [6.45, 7) is 4.67. The highest BCUT2D eigenvalue weighted by Crippen LogP contribution is 2.52. The van der Waals surface area contributed by atoms with E-state index in [1.165, 1.54) is 97.4 Å². The van der Waals surface area contributed by atoms with Crippen LogP contribution in [0.4, 0.5) is 0 Å². The summed E-state index contributed by atoms with van der Waals surface area (Å²) in [6, 6.07) is 147. The van der Waals surface area contributed by atoms with Gasteiger partial charge in [-0.05, 0) is 134 Å². The number of aromatic nitrogens is 9. The first kappa shape index (κ1) is 74.1. The minimum atomic E-state index is -0.0999. The highest BCUT2D eigenvalue weighted by atomic mass is 32.1. The second kappa shape index (κ2) is 29.8. The van der Waals surface area contributed by atoms with Crippen molar-refractivity contribution < 1.29 is 4.42 Å². The van der Waals surface area contributed by atoms with Gasteiger partial charge in [0.1, 0.15) is 11.2 Å². The van der Waals surface area contributed by atoms with Crippen molar-refractivity contribution in [3.8, 4) is 96.1 Å². The van der Waals surface area contributed by atoms with E-state index in [2.05, 4.69) is 404 Å². The lowest BCUT2D eigenvalue weighted by atomic mass is 9.82. The number of benzene rings is 18. The quantitative estimate of drug-likeness (QED) is 0.142. The van der Waals surface area contributed by atoms with Crippen LogP contribution in [-0.2, 0) is 5.41 Å². The number of rotatable bonds is 9. The van der Waals surface area contributed by atoms with Gasteiger partial charge in [0.25, 0.3) is 0 Å². The Morgan fingerprint density at radius 2 is 0.602 bits per heavy atom. The van der Waals surface area contributed by atoms with E-state index in [4.69, 9.17) is 34.3 Å². The van der Waals surface area contributed by atoms with Crippen molar-refractivity contribution in [1.82, 2.24) is 43.6 Å². The number of thiophene rings is 1. The zero-order chi connectivity index (χ0) is 84.7. The molecule has 0 atom stereocenters. The first-order chi connectivity index (χ1) is 63.2. The second-order valence-corrected chi connectivity index (χ2v) is 34.6. The van der Waals surface area contributed by atoms with Crippen LogP contribution in [0, 0.1) is 0 Å². The Hall–Kier alpha value is -16.6. The van der Waals surface area contributed by atoms with Crippen LogP contribution in [0.1, 0.15) is 25.0 Å². The normalized spacial score (nSPS) is 12.4. The molecule has 0 fully saturated rings. The van der Waals surface area contributed by atoms with Crippen LogP contribution in [-0.4, -0.2) is 43.6 Å². The number of hydrogen-bond donors (Lipinski definition) is 0. The molecule has 0 spiro atoms. The molecule has 26 aromatic rings. The molecule has 0 amide bonds. The molecule has 11 heteroatoms. The molecule has 1 aliphatic rings. The average molecular weight is 1660 g/mol. The van der Waals surface area contributed by atoms with E-state index >= 15 is 0 Å². The Kier molecular flexibility index (Phi) is 17.3. The molecule has 0 unspecified atom stereocenters. The summed E-state index contributed by atoms with van der Waals surface area (Å²) in [5.41, 5.74) is 29.5. The Morgan fingerprint density at radius 3 is 1.11 bits per heavy atom. The molecule has 0 bridgehead atoms. The molecule has 1 aliphatic carbocycles. The minimum Gasteiger partial charge on any atom is -0.455 e. The van der Waals surface area contributed by atoms with E-state index in [1.807, 2.05) is 53.8 Å². The van der Waals surface area contributed by atoms with Crippen LogP contribution in [0.2, 0.25) is 0 Å². The van der Waals surface area contributed by atoms with Crippen LogP contribution in [0.3, 0.4) is 0 Å². The molecule has 0 N–H and O–H groups in total. The number of furan rings is 1. The maximum absolute atomic E-state index is 6.48. The average Bonchev–Trinajstić information content (AvgIpc) is 1.55. The molecule has 8 aromatic heterocycles. The lowest BCUT2D eigenvalue weighted by Gasteiger charge is -2.21. The Balaban J connectivity index is 0.000000104.